The number of hydrogen-bond acceptors (Lipinski definition) is 2. The van der Waals surface area contributed by atoms with Crippen molar-refractivity contribution in [1.82, 2.24) is 0 Å². The molecule has 0 bridgehead atoms. The van der Waals surface area contributed by atoms with Crippen molar-refractivity contribution in [2.75, 3.05) is 18.0 Å². The zero-order chi connectivity index (χ0) is 14.8. The Morgan fingerprint density at radius 2 is 1.71 bits per heavy atom. The van der Waals surface area contributed by atoms with Gasteiger partial charge in [-0.3, -0.25) is 0 Å². The summed E-state index contributed by atoms with van der Waals surface area (Å²) in [5.41, 5.74) is 14.0. The molecule has 0 aliphatic carbocycles. The molecular formula is C19H24N2. The van der Waals surface area contributed by atoms with Gasteiger partial charge in [-0.25, -0.2) is 0 Å². The SMILES string of the molecule is Cc1ccc(N2CCCc3cc(C)ccc32)c(CCN)c1. The Morgan fingerprint density at radius 3 is 2.48 bits per heavy atom. The minimum Gasteiger partial charge on any atom is -0.341 e. The van der Waals surface area contributed by atoms with Crippen molar-refractivity contribution in [2.24, 2.45) is 5.73 Å². The normalized spacial score (nSPS) is 14.1. The molecule has 1 aliphatic heterocycles. The predicted molar refractivity (Wildman–Crippen MR) is 90.4 cm³/mol. The lowest BCUT2D eigenvalue weighted by molar-refractivity contribution is 0.762. The zero-order valence-corrected chi connectivity index (χ0v) is 13.0. The molecule has 0 spiro atoms. The van der Waals surface area contributed by atoms with Crippen LogP contribution in [0.2, 0.25) is 0 Å². The van der Waals surface area contributed by atoms with Gasteiger partial charge in [0.05, 0.1) is 0 Å². The van der Waals surface area contributed by atoms with Crippen molar-refractivity contribution < 1.29 is 0 Å². The van der Waals surface area contributed by atoms with Crippen LogP contribution in [0.15, 0.2) is 36.4 Å². The lowest BCUT2D eigenvalue weighted by Gasteiger charge is -2.33. The van der Waals surface area contributed by atoms with Crippen molar-refractivity contribution in [3.8, 4) is 0 Å². The van der Waals surface area contributed by atoms with Gasteiger partial charge in [-0.05, 0) is 62.9 Å². The average molecular weight is 280 g/mol. The first-order valence-electron chi connectivity index (χ1n) is 7.85. The number of aryl methyl sites for hydroxylation is 3. The van der Waals surface area contributed by atoms with E-state index in [4.69, 9.17) is 5.73 Å². The van der Waals surface area contributed by atoms with Gasteiger partial charge < -0.3 is 10.6 Å². The summed E-state index contributed by atoms with van der Waals surface area (Å²) in [6.45, 7) is 6.12. The Morgan fingerprint density at radius 1 is 1.00 bits per heavy atom. The Labute approximate surface area is 127 Å². The van der Waals surface area contributed by atoms with E-state index in [1.807, 2.05) is 0 Å². The minimum atomic E-state index is 0.699. The van der Waals surface area contributed by atoms with Crippen LogP contribution in [-0.4, -0.2) is 13.1 Å². The maximum atomic E-state index is 5.81. The maximum absolute atomic E-state index is 5.81. The molecule has 110 valence electrons. The monoisotopic (exact) mass is 280 g/mol. The second-order valence-electron chi connectivity index (χ2n) is 6.06. The third kappa shape index (κ3) is 2.81. The molecule has 0 radical (unpaired) electrons. The van der Waals surface area contributed by atoms with E-state index in [0.717, 1.165) is 13.0 Å². The van der Waals surface area contributed by atoms with Crippen LogP contribution in [0.3, 0.4) is 0 Å². The van der Waals surface area contributed by atoms with Crippen molar-refractivity contribution in [1.29, 1.82) is 0 Å². The molecule has 2 aromatic rings. The molecule has 3 rings (SSSR count). The van der Waals surface area contributed by atoms with Crippen molar-refractivity contribution in [3.63, 3.8) is 0 Å². The van der Waals surface area contributed by atoms with E-state index >= 15 is 0 Å². The molecule has 2 aromatic carbocycles. The van der Waals surface area contributed by atoms with Gasteiger partial charge in [0.25, 0.3) is 0 Å². The fraction of sp³-hybridized carbons (Fsp3) is 0.368. The summed E-state index contributed by atoms with van der Waals surface area (Å²) in [6, 6.07) is 13.6. The van der Waals surface area contributed by atoms with Crippen LogP contribution in [0, 0.1) is 13.8 Å². The molecular weight excluding hydrogens is 256 g/mol. The molecule has 2 N–H and O–H groups in total. The number of nitrogens with zero attached hydrogens (tertiary/aromatic N) is 1. The predicted octanol–water partition coefficient (Wildman–Crippen LogP) is 3.89. The molecule has 0 aromatic heterocycles. The Balaban J connectivity index is 2.06. The standard InChI is InChI=1S/C19H24N2/c1-14-5-7-18-16(12-14)4-3-11-21(18)19-8-6-15(2)13-17(19)9-10-20/h5-8,12-13H,3-4,9-11,20H2,1-2H3. The fourth-order valence-corrected chi connectivity index (χ4v) is 3.31. The van der Waals surface area contributed by atoms with Gasteiger partial charge in [-0.2, -0.15) is 0 Å². The van der Waals surface area contributed by atoms with Gasteiger partial charge in [0.15, 0.2) is 0 Å². The summed E-state index contributed by atoms with van der Waals surface area (Å²) in [4.78, 5) is 2.47. The number of nitrogens with two attached hydrogens (primary N) is 1. The summed E-state index contributed by atoms with van der Waals surface area (Å²) < 4.78 is 0. The summed E-state index contributed by atoms with van der Waals surface area (Å²) in [5.74, 6) is 0. The van der Waals surface area contributed by atoms with Gasteiger partial charge in [0.2, 0.25) is 0 Å². The molecule has 0 unspecified atom stereocenters. The highest BCUT2D eigenvalue weighted by Gasteiger charge is 2.20. The van der Waals surface area contributed by atoms with Crippen LogP contribution >= 0.6 is 0 Å². The molecule has 0 saturated heterocycles. The number of hydrogen-bond donors (Lipinski definition) is 1. The lowest BCUT2D eigenvalue weighted by atomic mass is 9.97. The molecule has 1 aliphatic rings. The van der Waals surface area contributed by atoms with E-state index in [0.29, 0.717) is 6.54 Å². The van der Waals surface area contributed by atoms with Crippen LogP contribution in [0.4, 0.5) is 11.4 Å². The largest absolute Gasteiger partial charge is 0.341 e. The summed E-state index contributed by atoms with van der Waals surface area (Å²) >= 11 is 0. The Hall–Kier alpha value is -1.80. The van der Waals surface area contributed by atoms with E-state index in [2.05, 4.69) is 55.1 Å². The van der Waals surface area contributed by atoms with E-state index in [1.165, 1.54) is 46.5 Å². The molecule has 2 nitrogen and oxygen atoms in total. The minimum absolute atomic E-state index is 0.699. The Kier molecular flexibility index (Phi) is 3.98. The molecule has 0 atom stereocenters. The van der Waals surface area contributed by atoms with E-state index in [1.54, 1.807) is 0 Å². The third-order valence-corrected chi connectivity index (χ3v) is 4.29. The lowest BCUT2D eigenvalue weighted by Crippen LogP contribution is -2.26. The van der Waals surface area contributed by atoms with Gasteiger partial charge in [0, 0.05) is 17.9 Å². The highest BCUT2D eigenvalue weighted by atomic mass is 15.1. The van der Waals surface area contributed by atoms with Gasteiger partial charge >= 0.3 is 0 Å². The molecule has 21 heavy (non-hydrogen) atoms. The van der Waals surface area contributed by atoms with Crippen LogP contribution < -0.4 is 10.6 Å². The number of benzene rings is 2. The topological polar surface area (TPSA) is 29.3 Å². The number of fused-ring (bicyclic) bond motifs is 1. The quantitative estimate of drug-likeness (QED) is 0.924. The molecule has 1 heterocycles. The smallest absolute Gasteiger partial charge is 0.0444 e. The second kappa shape index (κ2) is 5.90. The number of rotatable bonds is 3. The first-order chi connectivity index (χ1) is 10.2. The highest BCUT2D eigenvalue weighted by molar-refractivity contribution is 5.71. The van der Waals surface area contributed by atoms with Crippen LogP contribution in [-0.2, 0) is 12.8 Å². The molecule has 0 amide bonds. The van der Waals surface area contributed by atoms with E-state index in [-0.39, 0.29) is 0 Å². The fourth-order valence-electron chi connectivity index (χ4n) is 3.31. The number of anilines is 2. The average Bonchev–Trinajstić information content (AvgIpc) is 2.47. The maximum Gasteiger partial charge on any atom is 0.0444 e. The first kappa shape index (κ1) is 14.2. The molecule has 2 heteroatoms. The first-order valence-corrected chi connectivity index (χ1v) is 7.85. The summed E-state index contributed by atoms with van der Waals surface area (Å²) in [5, 5.41) is 0. The molecule has 0 saturated carbocycles. The molecule has 0 fully saturated rings. The van der Waals surface area contributed by atoms with Gasteiger partial charge in [-0.15, -0.1) is 0 Å². The summed E-state index contributed by atoms with van der Waals surface area (Å²) in [6.07, 6.45) is 3.34. The van der Waals surface area contributed by atoms with Crippen LogP contribution in [0.5, 0.6) is 0 Å². The van der Waals surface area contributed by atoms with E-state index < -0.39 is 0 Å². The second-order valence-corrected chi connectivity index (χ2v) is 6.06. The third-order valence-electron chi connectivity index (χ3n) is 4.29. The highest BCUT2D eigenvalue weighted by Crippen LogP contribution is 2.36. The van der Waals surface area contributed by atoms with Crippen molar-refractivity contribution in [2.45, 2.75) is 33.1 Å². The zero-order valence-electron chi connectivity index (χ0n) is 13.0. The van der Waals surface area contributed by atoms with Gasteiger partial charge in [-0.1, -0.05) is 35.4 Å². The Bertz CT molecular complexity index is 646. The van der Waals surface area contributed by atoms with E-state index in [9.17, 15) is 0 Å². The van der Waals surface area contributed by atoms with Gasteiger partial charge in [0.1, 0.15) is 0 Å². The van der Waals surface area contributed by atoms with Crippen molar-refractivity contribution in [3.05, 3.63) is 58.7 Å². The summed E-state index contributed by atoms with van der Waals surface area (Å²) in [7, 11) is 0. The van der Waals surface area contributed by atoms with Crippen molar-refractivity contribution >= 4 is 11.4 Å². The van der Waals surface area contributed by atoms with Crippen LogP contribution in [0.1, 0.15) is 28.7 Å². The van der Waals surface area contributed by atoms with Crippen LogP contribution in [0.25, 0.3) is 0 Å².